The zero-order valence-corrected chi connectivity index (χ0v) is 15.6. The summed E-state index contributed by atoms with van der Waals surface area (Å²) in [4.78, 5) is 0. The third-order valence-electron chi connectivity index (χ3n) is 5.25. The molecular formula is C25H19BO2. The molecule has 0 heterocycles. The zero-order valence-electron chi connectivity index (χ0n) is 15.6. The average molecular weight is 362 g/mol. The summed E-state index contributed by atoms with van der Waals surface area (Å²) in [5.74, 6) is 0.788. The fraction of sp³-hybridized carbons (Fsp3) is 0.0400. The number of para-hydroxylation sites is 1. The summed E-state index contributed by atoms with van der Waals surface area (Å²) >= 11 is 0. The van der Waals surface area contributed by atoms with Gasteiger partial charge in [-0.2, -0.15) is 0 Å². The Balaban J connectivity index is 1.83. The molecule has 5 aromatic rings. The van der Waals surface area contributed by atoms with Crippen LogP contribution in [0.3, 0.4) is 0 Å². The largest absolute Gasteiger partial charge is 0.563 e. The molecule has 0 fully saturated rings. The molecule has 2 nitrogen and oxygen atoms in total. The van der Waals surface area contributed by atoms with Crippen molar-refractivity contribution in [3.05, 3.63) is 97.1 Å². The summed E-state index contributed by atoms with van der Waals surface area (Å²) in [6.07, 6.45) is 0. The Morgan fingerprint density at radius 1 is 0.536 bits per heavy atom. The van der Waals surface area contributed by atoms with Crippen molar-refractivity contribution in [3.63, 3.8) is 0 Å². The van der Waals surface area contributed by atoms with Crippen LogP contribution in [0.25, 0.3) is 32.3 Å². The molecule has 0 aliphatic rings. The minimum atomic E-state index is -0.490. The lowest BCUT2D eigenvalue weighted by Gasteiger charge is -2.18. The van der Waals surface area contributed by atoms with Gasteiger partial charge in [-0.05, 0) is 44.5 Å². The van der Waals surface area contributed by atoms with E-state index in [2.05, 4.69) is 66.7 Å². The molecule has 134 valence electrons. The monoisotopic (exact) mass is 362 g/mol. The van der Waals surface area contributed by atoms with Crippen molar-refractivity contribution in [1.29, 1.82) is 0 Å². The highest BCUT2D eigenvalue weighted by Gasteiger charge is 2.26. The summed E-state index contributed by atoms with van der Waals surface area (Å²) in [6.45, 7) is 0. The van der Waals surface area contributed by atoms with E-state index >= 15 is 0 Å². The van der Waals surface area contributed by atoms with Crippen LogP contribution in [0.2, 0.25) is 0 Å². The third-order valence-corrected chi connectivity index (χ3v) is 5.25. The van der Waals surface area contributed by atoms with Gasteiger partial charge in [0, 0.05) is 12.6 Å². The first kappa shape index (κ1) is 16.8. The van der Waals surface area contributed by atoms with E-state index in [-0.39, 0.29) is 0 Å². The Morgan fingerprint density at radius 3 is 1.64 bits per heavy atom. The Kier molecular flexibility index (Phi) is 4.23. The summed E-state index contributed by atoms with van der Waals surface area (Å²) in [7, 11) is 1.20. The Morgan fingerprint density at radius 2 is 1.04 bits per heavy atom. The summed E-state index contributed by atoms with van der Waals surface area (Å²) in [6, 6.07) is 33.3. The highest BCUT2D eigenvalue weighted by Crippen LogP contribution is 2.34. The number of hydrogen-bond donors (Lipinski definition) is 0. The standard InChI is InChI=1S/C25H19BO2/c1-27-26(28-18-10-3-2-4-11-18)24-17-9-16-23-21-13-6-5-12-19(21)20-14-7-8-15-22(20)25(23)24/h2-17H,1H3. The van der Waals surface area contributed by atoms with Gasteiger partial charge < -0.3 is 9.31 Å². The van der Waals surface area contributed by atoms with E-state index in [9.17, 15) is 0 Å². The van der Waals surface area contributed by atoms with Gasteiger partial charge in [0.15, 0.2) is 0 Å². The number of rotatable bonds is 4. The SMILES string of the molecule is COB(Oc1ccccc1)c1cccc2c3ccccc3c3ccccc3c12. The second kappa shape index (κ2) is 7.03. The highest BCUT2D eigenvalue weighted by atomic mass is 16.6. The van der Waals surface area contributed by atoms with Crippen LogP contribution in [0.5, 0.6) is 5.75 Å². The van der Waals surface area contributed by atoms with Crippen molar-refractivity contribution in [2.45, 2.75) is 0 Å². The first-order chi connectivity index (χ1) is 13.9. The summed E-state index contributed by atoms with van der Waals surface area (Å²) < 4.78 is 12.0. The van der Waals surface area contributed by atoms with Gasteiger partial charge in [-0.3, -0.25) is 0 Å². The zero-order chi connectivity index (χ0) is 18.9. The van der Waals surface area contributed by atoms with Crippen molar-refractivity contribution in [3.8, 4) is 5.75 Å². The molecule has 0 atom stereocenters. The smallest absolute Gasteiger partial charge is 0.532 e. The van der Waals surface area contributed by atoms with E-state index < -0.39 is 7.12 Å². The molecule has 0 unspecified atom stereocenters. The second-order valence-corrected chi connectivity index (χ2v) is 6.86. The van der Waals surface area contributed by atoms with E-state index in [1.165, 1.54) is 32.3 Å². The lowest BCUT2D eigenvalue weighted by Crippen LogP contribution is -2.39. The first-order valence-corrected chi connectivity index (χ1v) is 9.43. The molecule has 5 aromatic carbocycles. The summed E-state index contributed by atoms with van der Waals surface area (Å²) in [5, 5.41) is 7.36. The fourth-order valence-corrected chi connectivity index (χ4v) is 4.04. The van der Waals surface area contributed by atoms with E-state index in [4.69, 9.17) is 9.31 Å². The molecule has 0 aliphatic carbocycles. The van der Waals surface area contributed by atoms with E-state index in [0.29, 0.717) is 0 Å². The second-order valence-electron chi connectivity index (χ2n) is 6.86. The van der Waals surface area contributed by atoms with Crippen LogP contribution in [0.1, 0.15) is 0 Å². The number of hydrogen-bond acceptors (Lipinski definition) is 2. The van der Waals surface area contributed by atoms with Crippen molar-refractivity contribution < 1.29 is 9.31 Å². The Bertz CT molecular complexity index is 1240. The number of benzene rings is 5. The van der Waals surface area contributed by atoms with Gasteiger partial charge in [0.2, 0.25) is 0 Å². The molecule has 0 saturated heterocycles. The predicted octanol–water partition coefficient (Wildman–Crippen LogP) is 5.57. The van der Waals surface area contributed by atoms with Gasteiger partial charge in [0.1, 0.15) is 5.75 Å². The van der Waals surface area contributed by atoms with Gasteiger partial charge in [-0.15, -0.1) is 0 Å². The molecule has 0 saturated carbocycles. The van der Waals surface area contributed by atoms with Gasteiger partial charge in [0.05, 0.1) is 0 Å². The normalized spacial score (nSPS) is 11.2. The maximum Gasteiger partial charge on any atom is 0.563 e. The van der Waals surface area contributed by atoms with Crippen molar-refractivity contribution in [2.24, 2.45) is 0 Å². The Hall–Kier alpha value is -3.30. The van der Waals surface area contributed by atoms with E-state index in [0.717, 1.165) is 11.2 Å². The molecule has 0 amide bonds. The van der Waals surface area contributed by atoms with Crippen molar-refractivity contribution >= 4 is 44.9 Å². The maximum absolute atomic E-state index is 6.20. The highest BCUT2D eigenvalue weighted by molar-refractivity contribution is 6.66. The lowest BCUT2D eigenvalue weighted by molar-refractivity contribution is 0.349. The topological polar surface area (TPSA) is 18.5 Å². The predicted molar refractivity (Wildman–Crippen MR) is 118 cm³/mol. The van der Waals surface area contributed by atoms with Crippen LogP contribution in [-0.2, 0) is 4.65 Å². The molecule has 0 aliphatic heterocycles. The lowest BCUT2D eigenvalue weighted by atomic mass is 9.74. The molecule has 28 heavy (non-hydrogen) atoms. The third kappa shape index (κ3) is 2.72. The minimum absolute atomic E-state index is 0.490. The molecule has 0 aromatic heterocycles. The van der Waals surface area contributed by atoms with Gasteiger partial charge in [0.25, 0.3) is 0 Å². The molecule has 5 rings (SSSR count). The van der Waals surface area contributed by atoms with Gasteiger partial charge >= 0.3 is 7.12 Å². The van der Waals surface area contributed by atoms with Crippen molar-refractivity contribution in [2.75, 3.05) is 7.11 Å². The number of fused-ring (bicyclic) bond motifs is 6. The quantitative estimate of drug-likeness (QED) is 0.308. The van der Waals surface area contributed by atoms with Crippen LogP contribution in [-0.4, -0.2) is 14.2 Å². The van der Waals surface area contributed by atoms with E-state index in [1.54, 1.807) is 7.11 Å². The Labute approximate surface area is 164 Å². The summed E-state index contributed by atoms with van der Waals surface area (Å²) in [5.41, 5.74) is 1.03. The van der Waals surface area contributed by atoms with Crippen LogP contribution in [0.15, 0.2) is 97.1 Å². The first-order valence-electron chi connectivity index (χ1n) is 9.43. The maximum atomic E-state index is 6.20. The van der Waals surface area contributed by atoms with Gasteiger partial charge in [-0.1, -0.05) is 84.9 Å². The van der Waals surface area contributed by atoms with Crippen molar-refractivity contribution in [1.82, 2.24) is 0 Å². The van der Waals surface area contributed by atoms with Crippen LogP contribution in [0, 0.1) is 0 Å². The molecule has 3 heteroatoms. The average Bonchev–Trinajstić information content (AvgIpc) is 2.78. The molecular weight excluding hydrogens is 343 g/mol. The molecule has 0 bridgehead atoms. The molecule has 0 N–H and O–H groups in total. The van der Waals surface area contributed by atoms with Crippen LogP contribution in [0.4, 0.5) is 0 Å². The minimum Gasteiger partial charge on any atom is -0.532 e. The van der Waals surface area contributed by atoms with Crippen LogP contribution < -0.4 is 10.1 Å². The van der Waals surface area contributed by atoms with Gasteiger partial charge in [-0.25, -0.2) is 0 Å². The fourth-order valence-electron chi connectivity index (χ4n) is 4.04. The molecule has 0 radical (unpaired) electrons. The molecule has 0 spiro atoms. The van der Waals surface area contributed by atoms with Crippen LogP contribution >= 0.6 is 0 Å². The van der Waals surface area contributed by atoms with E-state index in [1.807, 2.05) is 30.3 Å².